The van der Waals surface area contributed by atoms with Gasteiger partial charge in [-0.05, 0) is 26.1 Å². The molecule has 5 heteroatoms. The number of aromatic nitrogens is 3. The lowest BCUT2D eigenvalue weighted by molar-refractivity contribution is 0.247. The van der Waals surface area contributed by atoms with Crippen molar-refractivity contribution in [2.75, 3.05) is 14.2 Å². The van der Waals surface area contributed by atoms with Crippen LogP contribution in [0.1, 0.15) is 24.2 Å². The van der Waals surface area contributed by atoms with E-state index in [9.17, 15) is 0 Å². The van der Waals surface area contributed by atoms with Crippen molar-refractivity contribution in [1.82, 2.24) is 19.9 Å². The maximum atomic E-state index is 4.95. The van der Waals surface area contributed by atoms with Crippen molar-refractivity contribution in [2.45, 2.75) is 19.5 Å². The Morgan fingerprint density at radius 1 is 1.21 bits per heavy atom. The molecular formula is C14H18N4O. The van der Waals surface area contributed by atoms with E-state index in [1.54, 1.807) is 19.5 Å². The minimum absolute atomic E-state index is 0.239. The Hall–Kier alpha value is -2.01. The van der Waals surface area contributed by atoms with Crippen LogP contribution in [0.25, 0.3) is 0 Å². The van der Waals surface area contributed by atoms with Gasteiger partial charge in [-0.2, -0.15) is 0 Å². The lowest BCUT2D eigenvalue weighted by Crippen LogP contribution is -2.22. The molecule has 0 amide bonds. The van der Waals surface area contributed by atoms with Crippen molar-refractivity contribution in [1.29, 1.82) is 0 Å². The smallest absolute Gasteiger partial charge is 0.316 e. The van der Waals surface area contributed by atoms with Crippen LogP contribution in [0.4, 0.5) is 0 Å². The summed E-state index contributed by atoms with van der Waals surface area (Å²) in [6, 6.07) is 6.59. The summed E-state index contributed by atoms with van der Waals surface area (Å²) in [6.07, 6.45) is 5.39. The zero-order valence-corrected chi connectivity index (χ0v) is 11.4. The zero-order valence-electron chi connectivity index (χ0n) is 11.4. The van der Waals surface area contributed by atoms with Crippen LogP contribution in [-0.4, -0.2) is 34.0 Å². The number of pyridine rings is 1. The normalized spacial score (nSPS) is 12.4. The Kier molecular flexibility index (Phi) is 4.41. The van der Waals surface area contributed by atoms with E-state index in [0.29, 0.717) is 6.01 Å². The van der Waals surface area contributed by atoms with Gasteiger partial charge in [0, 0.05) is 36.7 Å². The second-order valence-corrected chi connectivity index (χ2v) is 4.42. The second kappa shape index (κ2) is 6.24. The Balaban J connectivity index is 2.01. The van der Waals surface area contributed by atoms with Crippen molar-refractivity contribution >= 4 is 0 Å². The molecule has 100 valence electrons. The Labute approximate surface area is 113 Å². The van der Waals surface area contributed by atoms with Gasteiger partial charge in [-0.1, -0.05) is 6.07 Å². The van der Waals surface area contributed by atoms with Crippen LogP contribution in [-0.2, 0) is 6.54 Å². The van der Waals surface area contributed by atoms with Crippen molar-refractivity contribution in [3.8, 4) is 6.01 Å². The van der Waals surface area contributed by atoms with Gasteiger partial charge in [-0.15, -0.1) is 0 Å². The molecule has 1 atom stereocenters. The first kappa shape index (κ1) is 13.4. The van der Waals surface area contributed by atoms with Gasteiger partial charge in [0.15, 0.2) is 0 Å². The highest BCUT2D eigenvalue weighted by atomic mass is 16.5. The van der Waals surface area contributed by atoms with Crippen molar-refractivity contribution < 1.29 is 4.74 Å². The van der Waals surface area contributed by atoms with Gasteiger partial charge in [-0.3, -0.25) is 9.88 Å². The number of methoxy groups -OCH3 is 1. The van der Waals surface area contributed by atoms with Gasteiger partial charge in [-0.25, -0.2) is 9.97 Å². The SMILES string of the molecule is COc1ncc(CN(C)C(C)c2ccccn2)cn1. The number of hydrogen-bond acceptors (Lipinski definition) is 5. The van der Waals surface area contributed by atoms with E-state index in [0.717, 1.165) is 17.8 Å². The molecule has 0 aliphatic rings. The van der Waals surface area contributed by atoms with Crippen molar-refractivity contribution in [3.63, 3.8) is 0 Å². The zero-order chi connectivity index (χ0) is 13.7. The molecule has 2 heterocycles. The van der Waals surface area contributed by atoms with Crippen molar-refractivity contribution in [2.24, 2.45) is 0 Å². The summed E-state index contributed by atoms with van der Waals surface area (Å²) in [6.45, 7) is 2.90. The molecule has 0 aliphatic carbocycles. The standard InChI is InChI=1S/C14H18N4O/c1-11(13-6-4-5-7-15-13)18(2)10-12-8-16-14(19-3)17-9-12/h4-9,11H,10H2,1-3H3. The molecule has 0 saturated carbocycles. The number of hydrogen-bond donors (Lipinski definition) is 0. The van der Waals surface area contributed by atoms with E-state index in [1.165, 1.54) is 0 Å². The first-order valence-corrected chi connectivity index (χ1v) is 6.17. The molecule has 5 nitrogen and oxygen atoms in total. The van der Waals surface area contributed by atoms with Gasteiger partial charge in [0.25, 0.3) is 0 Å². The lowest BCUT2D eigenvalue weighted by atomic mass is 10.2. The molecule has 0 bridgehead atoms. The number of ether oxygens (including phenoxy) is 1. The van der Waals surface area contributed by atoms with Gasteiger partial charge < -0.3 is 4.74 Å². The average molecular weight is 258 g/mol. The average Bonchev–Trinajstić information content (AvgIpc) is 2.48. The number of nitrogens with zero attached hydrogens (tertiary/aromatic N) is 4. The van der Waals surface area contributed by atoms with E-state index >= 15 is 0 Å². The predicted octanol–water partition coefficient (Wildman–Crippen LogP) is 2.07. The molecule has 0 saturated heterocycles. The highest BCUT2D eigenvalue weighted by Crippen LogP contribution is 2.18. The first-order chi connectivity index (χ1) is 9.20. The molecule has 2 rings (SSSR count). The van der Waals surface area contributed by atoms with Crippen LogP contribution < -0.4 is 4.74 Å². The summed E-state index contributed by atoms with van der Waals surface area (Å²) in [5.74, 6) is 0. The fourth-order valence-electron chi connectivity index (χ4n) is 1.80. The third-order valence-corrected chi connectivity index (χ3v) is 3.07. The van der Waals surface area contributed by atoms with Gasteiger partial charge in [0.2, 0.25) is 0 Å². The van der Waals surface area contributed by atoms with E-state index in [2.05, 4.69) is 33.8 Å². The molecule has 0 radical (unpaired) electrons. The summed E-state index contributed by atoms with van der Waals surface area (Å²) in [4.78, 5) is 14.8. The molecule has 0 aliphatic heterocycles. The van der Waals surface area contributed by atoms with Crippen LogP contribution in [0, 0.1) is 0 Å². The van der Waals surface area contributed by atoms with E-state index < -0.39 is 0 Å². The van der Waals surface area contributed by atoms with E-state index in [-0.39, 0.29) is 6.04 Å². The largest absolute Gasteiger partial charge is 0.467 e. The maximum Gasteiger partial charge on any atom is 0.316 e. The molecule has 1 unspecified atom stereocenters. The maximum absolute atomic E-state index is 4.95. The Morgan fingerprint density at radius 3 is 2.53 bits per heavy atom. The molecule has 0 aromatic carbocycles. The molecule has 2 aromatic rings. The van der Waals surface area contributed by atoms with Gasteiger partial charge in [0.1, 0.15) is 0 Å². The highest BCUT2D eigenvalue weighted by Gasteiger charge is 2.13. The Bertz CT molecular complexity index is 501. The quantitative estimate of drug-likeness (QED) is 0.821. The van der Waals surface area contributed by atoms with Crippen LogP contribution in [0.15, 0.2) is 36.8 Å². The third-order valence-electron chi connectivity index (χ3n) is 3.07. The summed E-state index contributed by atoms with van der Waals surface area (Å²) in [7, 11) is 3.62. The molecular weight excluding hydrogens is 240 g/mol. The van der Waals surface area contributed by atoms with Gasteiger partial charge >= 0.3 is 6.01 Å². The molecule has 19 heavy (non-hydrogen) atoms. The van der Waals surface area contributed by atoms with Crippen LogP contribution in [0.2, 0.25) is 0 Å². The van der Waals surface area contributed by atoms with Gasteiger partial charge in [0.05, 0.1) is 12.8 Å². The minimum atomic E-state index is 0.239. The summed E-state index contributed by atoms with van der Waals surface area (Å²) in [5.41, 5.74) is 2.10. The third kappa shape index (κ3) is 3.48. The first-order valence-electron chi connectivity index (χ1n) is 6.17. The monoisotopic (exact) mass is 258 g/mol. The summed E-state index contributed by atoms with van der Waals surface area (Å²) < 4.78 is 4.95. The predicted molar refractivity (Wildman–Crippen MR) is 72.7 cm³/mol. The molecule has 0 N–H and O–H groups in total. The summed E-state index contributed by atoms with van der Waals surface area (Å²) in [5, 5.41) is 0. The highest BCUT2D eigenvalue weighted by molar-refractivity contribution is 5.10. The Morgan fingerprint density at radius 2 is 1.95 bits per heavy atom. The number of rotatable bonds is 5. The van der Waals surface area contributed by atoms with Crippen LogP contribution >= 0.6 is 0 Å². The molecule has 2 aromatic heterocycles. The minimum Gasteiger partial charge on any atom is -0.467 e. The van der Waals surface area contributed by atoms with E-state index in [4.69, 9.17) is 4.74 Å². The van der Waals surface area contributed by atoms with Crippen LogP contribution in [0.3, 0.4) is 0 Å². The fraction of sp³-hybridized carbons (Fsp3) is 0.357. The molecule has 0 fully saturated rings. The molecule has 0 spiro atoms. The van der Waals surface area contributed by atoms with Crippen molar-refractivity contribution in [3.05, 3.63) is 48.0 Å². The van der Waals surface area contributed by atoms with E-state index in [1.807, 2.05) is 24.4 Å². The topological polar surface area (TPSA) is 51.1 Å². The fourth-order valence-corrected chi connectivity index (χ4v) is 1.80. The second-order valence-electron chi connectivity index (χ2n) is 4.42. The van der Waals surface area contributed by atoms with Crippen LogP contribution in [0.5, 0.6) is 6.01 Å². The lowest BCUT2D eigenvalue weighted by Gasteiger charge is -2.23. The summed E-state index contributed by atoms with van der Waals surface area (Å²) >= 11 is 0.